The second-order valence-electron chi connectivity index (χ2n) is 8.15. The second-order valence-corrected chi connectivity index (χ2v) is 8.15. The molecule has 4 heteroatoms. The Morgan fingerprint density at radius 2 is 1.55 bits per heavy atom. The fraction of sp³-hybridized carbons (Fsp3) is 0.833. The van der Waals surface area contributed by atoms with Crippen molar-refractivity contribution in [3.05, 3.63) is 17.5 Å². The van der Waals surface area contributed by atoms with Gasteiger partial charge >= 0.3 is 0 Å². The Morgan fingerprint density at radius 1 is 0.909 bits per heavy atom. The van der Waals surface area contributed by atoms with E-state index in [2.05, 4.69) is 61.8 Å². The number of nitrogens with zero attached hydrogens (tertiary/aromatic N) is 3. The summed E-state index contributed by atoms with van der Waals surface area (Å²) >= 11 is 0. The van der Waals surface area contributed by atoms with Crippen molar-refractivity contribution in [1.82, 2.24) is 20.3 Å². The molecule has 1 rings (SSSR count). The smallest absolute Gasteiger partial charge is 0.146 e. The van der Waals surface area contributed by atoms with Crippen LogP contribution in [0.1, 0.15) is 84.7 Å². The fourth-order valence-electron chi connectivity index (χ4n) is 3.03. The van der Waals surface area contributed by atoms with Crippen molar-refractivity contribution in [3.8, 4) is 0 Å². The van der Waals surface area contributed by atoms with Gasteiger partial charge in [-0.3, -0.25) is 0 Å². The van der Waals surface area contributed by atoms with Crippen LogP contribution in [-0.4, -0.2) is 20.5 Å². The molecule has 0 amide bonds. The lowest BCUT2D eigenvalue weighted by molar-refractivity contribution is 0.239. The number of unbranched alkanes of at least 4 members (excludes halogenated alkanes) is 2. The van der Waals surface area contributed by atoms with E-state index in [-0.39, 0.29) is 5.54 Å². The van der Waals surface area contributed by atoms with Crippen molar-refractivity contribution in [2.75, 3.05) is 0 Å². The normalized spacial score (nSPS) is 12.7. The zero-order chi connectivity index (χ0) is 16.8. The summed E-state index contributed by atoms with van der Waals surface area (Å²) in [5, 5.41) is 3.60. The van der Waals surface area contributed by atoms with Crippen molar-refractivity contribution in [2.24, 2.45) is 5.41 Å². The largest absolute Gasteiger partial charge is 0.305 e. The number of hydrogen-bond acceptors (Lipinski definition) is 4. The summed E-state index contributed by atoms with van der Waals surface area (Å²) in [5.41, 5.74) is 0.373. The highest BCUT2D eigenvalue weighted by Gasteiger charge is 2.25. The van der Waals surface area contributed by atoms with E-state index < -0.39 is 0 Å². The van der Waals surface area contributed by atoms with E-state index in [1.165, 1.54) is 12.8 Å². The molecule has 1 aromatic rings. The summed E-state index contributed by atoms with van der Waals surface area (Å²) in [5.74, 6) is 2.62. The minimum atomic E-state index is 0.0706. The monoisotopic (exact) mass is 306 g/mol. The molecular weight excluding hydrogens is 272 g/mol. The second kappa shape index (κ2) is 8.00. The summed E-state index contributed by atoms with van der Waals surface area (Å²) in [6.45, 7) is 16.2. The highest BCUT2D eigenvalue weighted by atomic mass is 15.1. The van der Waals surface area contributed by atoms with Crippen LogP contribution in [0.2, 0.25) is 0 Å². The first-order chi connectivity index (χ1) is 10.1. The third-order valence-electron chi connectivity index (χ3n) is 3.54. The quantitative estimate of drug-likeness (QED) is 0.731. The number of aryl methyl sites for hydroxylation is 2. The van der Waals surface area contributed by atoms with E-state index in [0.29, 0.717) is 12.0 Å². The van der Waals surface area contributed by atoms with Gasteiger partial charge in [0.1, 0.15) is 17.5 Å². The van der Waals surface area contributed by atoms with Crippen LogP contribution in [0.4, 0.5) is 0 Å². The van der Waals surface area contributed by atoms with Crippen LogP contribution < -0.4 is 5.32 Å². The van der Waals surface area contributed by atoms with Gasteiger partial charge in [-0.1, -0.05) is 40.5 Å². The lowest BCUT2D eigenvalue weighted by Crippen LogP contribution is -2.42. The number of nitrogens with one attached hydrogen (secondary N) is 1. The van der Waals surface area contributed by atoms with E-state index >= 15 is 0 Å². The molecule has 0 unspecified atom stereocenters. The lowest BCUT2D eigenvalue weighted by Gasteiger charge is -2.33. The van der Waals surface area contributed by atoms with Gasteiger partial charge in [-0.05, 0) is 39.0 Å². The molecule has 0 aliphatic rings. The van der Waals surface area contributed by atoms with Gasteiger partial charge in [0.05, 0.1) is 6.54 Å². The highest BCUT2D eigenvalue weighted by Crippen LogP contribution is 2.26. The Hall–Kier alpha value is -1.03. The summed E-state index contributed by atoms with van der Waals surface area (Å²) in [7, 11) is 0. The molecule has 0 radical (unpaired) electrons. The van der Waals surface area contributed by atoms with E-state index in [1.54, 1.807) is 0 Å². The third-order valence-corrected chi connectivity index (χ3v) is 3.54. The molecule has 0 saturated heterocycles. The molecule has 1 heterocycles. The van der Waals surface area contributed by atoms with Crippen LogP contribution in [0.25, 0.3) is 0 Å². The summed E-state index contributed by atoms with van der Waals surface area (Å²) in [6.07, 6.45) is 5.67. The molecule has 0 atom stereocenters. The Kier molecular flexibility index (Phi) is 6.92. The van der Waals surface area contributed by atoms with Gasteiger partial charge in [0.15, 0.2) is 0 Å². The molecule has 0 aromatic carbocycles. The first-order valence-corrected chi connectivity index (χ1v) is 8.57. The number of aromatic nitrogens is 3. The van der Waals surface area contributed by atoms with E-state index in [4.69, 9.17) is 0 Å². The van der Waals surface area contributed by atoms with Crippen molar-refractivity contribution < 1.29 is 0 Å². The van der Waals surface area contributed by atoms with Gasteiger partial charge in [-0.15, -0.1) is 0 Å². The topological polar surface area (TPSA) is 50.7 Å². The zero-order valence-electron chi connectivity index (χ0n) is 15.6. The summed E-state index contributed by atoms with van der Waals surface area (Å²) in [4.78, 5) is 13.6. The predicted molar refractivity (Wildman–Crippen MR) is 92.8 cm³/mol. The summed E-state index contributed by atoms with van der Waals surface area (Å²) < 4.78 is 0. The molecule has 0 fully saturated rings. The number of rotatable bonds is 8. The molecule has 0 aliphatic heterocycles. The maximum Gasteiger partial charge on any atom is 0.146 e. The Balaban J connectivity index is 2.65. The first kappa shape index (κ1) is 19.0. The SMILES string of the molecule is CCCCCc1nc(C)nc(CNC(C)(C)CC(C)(C)C)n1. The van der Waals surface area contributed by atoms with Crippen molar-refractivity contribution in [2.45, 2.75) is 92.7 Å². The van der Waals surface area contributed by atoms with Crippen molar-refractivity contribution >= 4 is 0 Å². The average molecular weight is 306 g/mol. The average Bonchev–Trinajstić information content (AvgIpc) is 2.33. The van der Waals surface area contributed by atoms with Crippen LogP contribution in [0.5, 0.6) is 0 Å². The fourth-order valence-corrected chi connectivity index (χ4v) is 3.03. The molecule has 1 aromatic heterocycles. The van der Waals surface area contributed by atoms with Crippen LogP contribution in [0.15, 0.2) is 0 Å². The molecule has 0 bridgehead atoms. The molecule has 126 valence electrons. The van der Waals surface area contributed by atoms with Gasteiger partial charge in [0.25, 0.3) is 0 Å². The van der Waals surface area contributed by atoms with Crippen molar-refractivity contribution in [3.63, 3.8) is 0 Å². The van der Waals surface area contributed by atoms with Gasteiger partial charge in [-0.25, -0.2) is 15.0 Å². The minimum absolute atomic E-state index is 0.0706. The molecular formula is C18H34N4. The maximum atomic E-state index is 4.62. The van der Waals surface area contributed by atoms with Crippen LogP contribution >= 0.6 is 0 Å². The van der Waals surface area contributed by atoms with Crippen molar-refractivity contribution in [1.29, 1.82) is 0 Å². The van der Waals surface area contributed by atoms with E-state index in [9.17, 15) is 0 Å². The molecule has 0 saturated carbocycles. The molecule has 0 spiro atoms. The van der Waals surface area contributed by atoms with Gasteiger partial charge in [-0.2, -0.15) is 0 Å². The van der Waals surface area contributed by atoms with E-state index in [1.807, 2.05) is 6.92 Å². The van der Waals surface area contributed by atoms with Crippen LogP contribution in [0, 0.1) is 12.3 Å². The molecule has 1 N–H and O–H groups in total. The first-order valence-electron chi connectivity index (χ1n) is 8.57. The summed E-state index contributed by atoms with van der Waals surface area (Å²) in [6, 6.07) is 0. The Morgan fingerprint density at radius 3 is 2.14 bits per heavy atom. The third kappa shape index (κ3) is 7.83. The standard InChI is InChI=1S/C18H34N4/c1-8-9-10-11-15-20-14(2)21-16(22-15)12-19-18(6,7)13-17(3,4)5/h19H,8-13H2,1-7H3. The minimum Gasteiger partial charge on any atom is -0.305 e. The van der Waals surface area contributed by atoms with E-state index in [0.717, 1.165) is 36.7 Å². The number of hydrogen-bond donors (Lipinski definition) is 1. The lowest BCUT2D eigenvalue weighted by atomic mass is 9.82. The van der Waals surface area contributed by atoms with Crippen LogP contribution in [-0.2, 0) is 13.0 Å². The highest BCUT2D eigenvalue weighted by molar-refractivity contribution is 4.97. The molecule has 4 nitrogen and oxygen atoms in total. The zero-order valence-corrected chi connectivity index (χ0v) is 15.6. The maximum absolute atomic E-state index is 4.62. The Bertz CT molecular complexity index is 461. The van der Waals surface area contributed by atoms with Crippen LogP contribution in [0.3, 0.4) is 0 Å². The predicted octanol–water partition coefficient (Wildman–Crippen LogP) is 4.22. The Labute approximate surface area is 136 Å². The van der Waals surface area contributed by atoms with Gasteiger partial charge in [0, 0.05) is 12.0 Å². The van der Waals surface area contributed by atoms with Gasteiger partial charge in [0.2, 0.25) is 0 Å². The molecule has 22 heavy (non-hydrogen) atoms. The van der Waals surface area contributed by atoms with Gasteiger partial charge < -0.3 is 5.32 Å². The molecule has 0 aliphatic carbocycles.